The summed E-state index contributed by atoms with van der Waals surface area (Å²) in [6.45, 7) is -5.18. The van der Waals surface area contributed by atoms with Crippen LogP contribution < -0.4 is 4.72 Å². The summed E-state index contributed by atoms with van der Waals surface area (Å²) in [7, 11) is -1.63. The Balaban J connectivity index is 2.73. The monoisotopic (exact) mass is 304 g/mol. The zero-order valence-corrected chi connectivity index (χ0v) is 11.9. The van der Waals surface area contributed by atoms with Crippen molar-refractivity contribution in [2.45, 2.75) is 12.2 Å². The van der Waals surface area contributed by atoms with Gasteiger partial charge in [0.15, 0.2) is 0 Å². The molecule has 0 saturated carbocycles. The molecule has 0 aliphatic heterocycles. The highest BCUT2D eigenvalue weighted by molar-refractivity contribution is 7.88. The molecule has 1 heterocycles. The van der Waals surface area contributed by atoms with Gasteiger partial charge in [-0.25, -0.2) is 13.1 Å². The van der Waals surface area contributed by atoms with E-state index in [-0.39, 0.29) is 28.2 Å². The summed E-state index contributed by atoms with van der Waals surface area (Å²) in [5.41, 5.74) is -0.400. The van der Waals surface area contributed by atoms with E-state index < -0.39 is 53.8 Å². The predicted octanol–water partition coefficient (Wildman–Crippen LogP) is 1.32. The van der Waals surface area contributed by atoms with Crippen LogP contribution in [0.2, 0.25) is 0 Å². The Bertz CT molecular complexity index is 1050. The molecule has 1 aromatic carbocycles. The van der Waals surface area contributed by atoms with Crippen molar-refractivity contribution in [3.63, 3.8) is 0 Å². The van der Waals surface area contributed by atoms with E-state index in [1.165, 1.54) is 7.05 Å². The summed E-state index contributed by atoms with van der Waals surface area (Å²) in [6, 6.07) is -1.34. The molecule has 2 rings (SSSR count). The minimum Gasteiger partial charge on any atom is -0.361 e. The number of aryl methyl sites for hydroxylation is 1. The average molecular weight is 304 g/mol. The molecule has 0 aliphatic carbocycles. The second kappa shape index (κ2) is 5.95. The van der Waals surface area contributed by atoms with Gasteiger partial charge < -0.3 is 9.88 Å². The molecule has 0 bridgehead atoms. The lowest BCUT2D eigenvalue weighted by Crippen LogP contribution is -2.20. The third-order valence-corrected chi connectivity index (χ3v) is 3.93. The van der Waals surface area contributed by atoms with Gasteiger partial charge in [-0.1, -0.05) is 6.04 Å². The first-order chi connectivity index (χ1) is 13.0. The van der Waals surface area contributed by atoms with Crippen molar-refractivity contribution < 1.29 is 20.8 Å². The van der Waals surface area contributed by atoms with Gasteiger partial charge in [-0.3, -0.25) is 0 Å². The maximum absolute atomic E-state index is 11.9. The van der Waals surface area contributed by atoms with Crippen molar-refractivity contribution in [1.29, 1.82) is 0 Å². The molecule has 6 heteroatoms. The number of fused-ring (bicyclic) bond motifs is 1. The molecular weight excluding hydrogens is 274 g/mol. The Hall–Kier alpha value is -1.37. The lowest BCUT2D eigenvalue weighted by molar-refractivity contribution is 0.414. The van der Waals surface area contributed by atoms with E-state index in [1.54, 1.807) is 0 Å². The number of aromatic nitrogens is 1. The Labute approximate surface area is 132 Å². The van der Waals surface area contributed by atoms with Crippen LogP contribution >= 0.6 is 0 Å². The molecule has 2 aromatic rings. The van der Waals surface area contributed by atoms with Crippen LogP contribution in [0.5, 0.6) is 0 Å². The first-order valence-electron chi connectivity index (χ1n) is 10.3. The predicted molar refractivity (Wildman–Crippen MR) is 82.2 cm³/mol. The average Bonchev–Trinajstić information content (AvgIpc) is 2.91. The molecule has 20 heavy (non-hydrogen) atoms. The van der Waals surface area contributed by atoms with Crippen LogP contribution in [0.25, 0.3) is 10.9 Å². The van der Waals surface area contributed by atoms with Crippen molar-refractivity contribution in [3.8, 4) is 0 Å². The van der Waals surface area contributed by atoms with Gasteiger partial charge in [-0.05, 0) is 50.7 Å². The molecule has 0 saturated heterocycles. The SMILES string of the molecule is [2H]c1[nH]c2c([2H])c([2H])c(CS(=O)(=O)NC)c([2H])c2c1CC([2H])([2H])N(C)C([2H])([2H])[2H]. The molecule has 0 atom stereocenters. The van der Waals surface area contributed by atoms with Crippen molar-refractivity contribution >= 4 is 20.9 Å². The highest BCUT2D eigenvalue weighted by Crippen LogP contribution is 2.21. The molecule has 0 fully saturated rings. The van der Waals surface area contributed by atoms with E-state index >= 15 is 0 Å². The number of hydrogen-bond donors (Lipinski definition) is 2. The van der Waals surface area contributed by atoms with Crippen LogP contribution in [-0.2, 0) is 22.2 Å². The van der Waals surface area contributed by atoms with Gasteiger partial charge in [-0.15, -0.1) is 0 Å². The van der Waals surface area contributed by atoms with Crippen LogP contribution in [0, 0.1) is 0 Å². The van der Waals surface area contributed by atoms with Crippen LogP contribution in [0.4, 0.5) is 0 Å². The number of rotatable bonds is 6. The van der Waals surface area contributed by atoms with E-state index in [1.807, 2.05) is 0 Å². The number of hydrogen-bond acceptors (Lipinski definition) is 3. The normalized spacial score (nSPS) is 20.2. The van der Waals surface area contributed by atoms with Crippen molar-refractivity contribution in [3.05, 3.63) is 35.4 Å². The van der Waals surface area contributed by atoms with Gasteiger partial charge in [0.25, 0.3) is 0 Å². The molecule has 5 nitrogen and oxygen atoms in total. The van der Waals surface area contributed by atoms with Gasteiger partial charge in [0.2, 0.25) is 10.0 Å². The Morgan fingerprint density at radius 2 is 2.35 bits per heavy atom. The van der Waals surface area contributed by atoms with Crippen molar-refractivity contribution in [2.75, 3.05) is 27.6 Å². The van der Waals surface area contributed by atoms with Gasteiger partial charge in [0.05, 0.1) is 11.2 Å². The smallest absolute Gasteiger partial charge is 0.215 e. The molecule has 110 valence electrons. The number of likely N-dealkylation sites (N-methyl/N-ethyl adjacent to an activating group) is 1. The zero-order chi connectivity index (χ0) is 22.5. The summed E-state index contributed by atoms with van der Waals surface area (Å²) in [5.74, 6) is -0.733. The van der Waals surface area contributed by atoms with Crippen LogP contribution in [0.15, 0.2) is 24.3 Å². The molecule has 1 aromatic heterocycles. The van der Waals surface area contributed by atoms with E-state index in [0.29, 0.717) is 4.90 Å². The van der Waals surface area contributed by atoms with E-state index in [0.717, 1.165) is 7.05 Å². The Kier molecular flexibility index (Phi) is 2.10. The van der Waals surface area contributed by atoms with E-state index in [4.69, 9.17) is 12.3 Å². The number of H-pyrrole nitrogens is 1. The fourth-order valence-electron chi connectivity index (χ4n) is 1.63. The Morgan fingerprint density at radius 3 is 3.05 bits per heavy atom. The van der Waals surface area contributed by atoms with Crippen LogP contribution in [0.3, 0.4) is 0 Å². The maximum atomic E-state index is 11.9. The van der Waals surface area contributed by atoms with Gasteiger partial charge in [0, 0.05) is 30.4 Å². The lowest BCUT2D eigenvalue weighted by Gasteiger charge is -2.08. The van der Waals surface area contributed by atoms with Gasteiger partial charge in [0.1, 0.15) is 0 Å². The standard InChI is InChI=1S/C14H21N3O2S/c1-15-20(18,19)10-11-4-5-14-13(8-11)12(9-16-14)6-7-17(2)3/h4-5,8-9,15-16H,6-7,10H2,1-3H3/i2D3,4D,5D,7D2,8D,9D. The molecule has 0 spiro atoms. The third kappa shape index (κ3) is 3.59. The fraction of sp³-hybridized carbons (Fsp3) is 0.429. The molecule has 0 radical (unpaired) electrons. The van der Waals surface area contributed by atoms with Crippen LogP contribution in [0.1, 0.15) is 23.5 Å². The summed E-state index contributed by atoms with van der Waals surface area (Å²) in [5, 5.41) is -0.0693. The highest BCUT2D eigenvalue weighted by atomic mass is 32.2. The fourth-order valence-corrected chi connectivity index (χ4v) is 2.30. The second-order valence-corrected chi connectivity index (χ2v) is 6.12. The topological polar surface area (TPSA) is 65.2 Å². The highest BCUT2D eigenvalue weighted by Gasteiger charge is 2.11. The van der Waals surface area contributed by atoms with Crippen LogP contribution in [-0.4, -0.2) is 45.9 Å². The number of nitrogens with one attached hydrogen (secondary N) is 2. The van der Waals surface area contributed by atoms with Crippen molar-refractivity contribution in [2.24, 2.45) is 0 Å². The number of aromatic amines is 1. The summed E-state index contributed by atoms with van der Waals surface area (Å²) in [4.78, 5) is 3.05. The lowest BCUT2D eigenvalue weighted by atomic mass is 10.1. The maximum Gasteiger partial charge on any atom is 0.215 e. The van der Waals surface area contributed by atoms with Gasteiger partial charge in [-0.2, -0.15) is 0 Å². The quantitative estimate of drug-likeness (QED) is 0.846. The molecule has 0 amide bonds. The largest absolute Gasteiger partial charge is 0.361 e. The number of sulfonamides is 1. The Morgan fingerprint density at radius 1 is 1.55 bits per heavy atom. The van der Waals surface area contributed by atoms with Crippen molar-refractivity contribution in [1.82, 2.24) is 14.6 Å². The number of benzene rings is 1. The second-order valence-electron chi connectivity index (χ2n) is 4.19. The zero-order valence-electron chi connectivity index (χ0n) is 20.1. The molecule has 0 unspecified atom stereocenters. The minimum absolute atomic E-state index is 0.0669. The molecule has 0 aliphatic rings. The first-order valence-corrected chi connectivity index (χ1v) is 7.43. The van der Waals surface area contributed by atoms with E-state index in [9.17, 15) is 8.42 Å². The summed E-state index contributed by atoms with van der Waals surface area (Å²) in [6.07, 6.45) is -0.931. The summed E-state index contributed by atoms with van der Waals surface area (Å²) >= 11 is 0. The first kappa shape index (κ1) is 7.06. The molecular formula is C14H21N3O2S. The number of nitrogens with zero attached hydrogens (tertiary/aromatic N) is 1. The van der Waals surface area contributed by atoms with E-state index in [2.05, 4.69) is 9.71 Å². The molecule has 2 N–H and O–H groups in total. The summed E-state index contributed by atoms with van der Waals surface area (Å²) < 4.78 is 97.0. The minimum atomic E-state index is -3.86. The van der Waals surface area contributed by atoms with Gasteiger partial charge >= 0.3 is 0 Å². The third-order valence-electron chi connectivity index (χ3n) is 2.64.